The van der Waals surface area contributed by atoms with Gasteiger partial charge >= 0.3 is 0 Å². The summed E-state index contributed by atoms with van der Waals surface area (Å²) in [5.41, 5.74) is 1.70. The van der Waals surface area contributed by atoms with Crippen LogP contribution in [0.15, 0.2) is 60.7 Å². The van der Waals surface area contributed by atoms with Gasteiger partial charge in [0.1, 0.15) is 11.9 Å². The lowest BCUT2D eigenvalue weighted by molar-refractivity contribution is -0.136. The predicted molar refractivity (Wildman–Crippen MR) is 175 cm³/mol. The van der Waals surface area contributed by atoms with E-state index < -0.39 is 10.6 Å². The average Bonchev–Trinajstić information content (AvgIpc) is 3.29. The Kier molecular flexibility index (Phi) is 10.9. The molecule has 0 bridgehead atoms. The van der Waals surface area contributed by atoms with Crippen molar-refractivity contribution in [2.75, 3.05) is 32.7 Å². The van der Waals surface area contributed by atoms with Crippen LogP contribution in [0.4, 0.5) is 0 Å². The smallest absolute Gasteiger partial charge is 0.239 e. The third-order valence-electron chi connectivity index (χ3n) is 8.14. The number of nitrogens with zero attached hydrogens (tertiary/aromatic N) is 2. The molecule has 228 valence electrons. The molecule has 5 rings (SSSR count). The third kappa shape index (κ3) is 8.04. The van der Waals surface area contributed by atoms with Crippen LogP contribution in [0.1, 0.15) is 61.6 Å². The molecule has 0 aliphatic carbocycles. The van der Waals surface area contributed by atoms with Crippen LogP contribution >= 0.6 is 35.0 Å². The Morgan fingerprint density at radius 2 is 1.77 bits per heavy atom. The van der Waals surface area contributed by atoms with Gasteiger partial charge in [-0.15, -0.1) is 11.8 Å². The molecule has 10 heteroatoms. The van der Waals surface area contributed by atoms with Crippen LogP contribution in [0.5, 0.6) is 0 Å². The molecular weight excluding hydrogens is 603 g/mol. The largest absolute Gasteiger partial charge is 0.355 e. The molecule has 2 aliphatic heterocycles. The van der Waals surface area contributed by atoms with E-state index in [0.717, 1.165) is 42.4 Å². The summed E-state index contributed by atoms with van der Waals surface area (Å²) >= 11 is 14.0. The minimum atomic E-state index is -0.650. The van der Waals surface area contributed by atoms with Crippen molar-refractivity contribution >= 4 is 63.5 Å². The van der Waals surface area contributed by atoms with Crippen molar-refractivity contribution in [3.05, 3.63) is 81.8 Å². The maximum atomic E-state index is 13.7. The van der Waals surface area contributed by atoms with Gasteiger partial charge in [-0.3, -0.25) is 14.4 Å². The van der Waals surface area contributed by atoms with Gasteiger partial charge in [0.25, 0.3) is 0 Å². The number of benzene rings is 3. The highest BCUT2D eigenvalue weighted by Crippen LogP contribution is 2.46. The van der Waals surface area contributed by atoms with E-state index in [9.17, 15) is 14.4 Å². The van der Waals surface area contributed by atoms with Crippen molar-refractivity contribution < 1.29 is 14.4 Å². The first kappa shape index (κ1) is 31.6. The Morgan fingerprint density at radius 3 is 2.56 bits per heavy atom. The zero-order valence-corrected chi connectivity index (χ0v) is 26.7. The fourth-order valence-electron chi connectivity index (χ4n) is 5.93. The highest BCUT2D eigenvalue weighted by atomic mass is 35.5. The van der Waals surface area contributed by atoms with Gasteiger partial charge in [-0.1, -0.05) is 78.2 Å². The fourth-order valence-corrected chi connectivity index (χ4v) is 7.99. The number of fused-ring (bicyclic) bond motifs is 1. The summed E-state index contributed by atoms with van der Waals surface area (Å²) in [6.45, 7) is 5.58. The molecule has 2 saturated heterocycles. The summed E-state index contributed by atoms with van der Waals surface area (Å²) in [6, 6.07) is 19.0. The van der Waals surface area contributed by atoms with E-state index in [1.807, 2.05) is 49.4 Å². The van der Waals surface area contributed by atoms with E-state index in [0.29, 0.717) is 22.2 Å². The lowest BCUT2D eigenvalue weighted by Crippen LogP contribution is -2.42. The molecule has 2 aliphatic rings. The third-order valence-corrected chi connectivity index (χ3v) is 10.2. The molecule has 7 nitrogen and oxygen atoms in total. The minimum absolute atomic E-state index is 0.00569. The Balaban J connectivity index is 1.23. The molecule has 0 aromatic heterocycles. The molecule has 0 radical (unpaired) electrons. The zero-order chi connectivity index (χ0) is 30.3. The number of thioether (sulfide) groups is 1. The monoisotopic (exact) mass is 640 g/mol. The van der Waals surface area contributed by atoms with Crippen LogP contribution in [0.2, 0.25) is 10.0 Å². The molecule has 0 unspecified atom stereocenters. The number of carbonyl (C=O) groups excluding carboxylic acids is 3. The molecule has 3 aromatic rings. The summed E-state index contributed by atoms with van der Waals surface area (Å²) in [7, 11) is 0. The molecular formula is C33H38Cl2N4O3S. The van der Waals surface area contributed by atoms with E-state index in [1.165, 1.54) is 35.9 Å². The number of nitrogens with one attached hydrogen (secondary N) is 2. The Bertz CT molecular complexity index is 1460. The van der Waals surface area contributed by atoms with E-state index in [2.05, 4.69) is 15.5 Å². The van der Waals surface area contributed by atoms with Crippen LogP contribution < -0.4 is 10.6 Å². The van der Waals surface area contributed by atoms with Gasteiger partial charge in [-0.2, -0.15) is 0 Å². The van der Waals surface area contributed by atoms with Crippen molar-refractivity contribution in [3.8, 4) is 0 Å². The van der Waals surface area contributed by atoms with Gasteiger partial charge in [0.2, 0.25) is 17.7 Å². The summed E-state index contributed by atoms with van der Waals surface area (Å²) in [6.07, 6.45) is 4.61. The molecule has 2 fully saturated rings. The second kappa shape index (κ2) is 14.8. The van der Waals surface area contributed by atoms with E-state index in [1.54, 1.807) is 18.2 Å². The number of piperidine rings is 1. The highest BCUT2D eigenvalue weighted by Gasteiger charge is 2.43. The first-order chi connectivity index (χ1) is 20.8. The fraction of sp³-hybridized carbons (Fsp3) is 0.424. The van der Waals surface area contributed by atoms with Gasteiger partial charge < -0.3 is 20.4 Å². The molecule has 43 heavy (non-hydrogen) atoms. The van der Waals surface area contributed by atoms with Crippen molar-refractivity contribution in [2.45, 2.75) is 55.7 Å². The maximum absolute atomic E-state index is 13.7. The second-order valence-corrected chi connectivity index (χ2v) is 13.4. The summed E-state index contributed by atoms with van der Waals surface area (Å²) < 4.78 is 0. The highest BCUT2D eigenvalue weighted by molar-refractivity contribution is 8.01. The standard InChI is InChI=1S/C33H38Cl2N4O3S/c1-22(25-12-7-10-23-9-3-4-11-26(23)25)37-30(40)20-29-32(42)39(33(43-29)27-14-13-24(34)19-28(27)35)21-31(41)36-15-8-18-38-16-5-2-6-17-38/h3-4,7,9-14,19,22,29,33H,2,5-6,8,15-18,20-21H2,1H3,(H,36,41)(H,37,40)/t22-,29-,33-/m1/s1. The topological polar surface area (TPSA) is 81.8 Å². The quantitative estimate of drug-likeness (QED) is 0.239. The van der Waals surface area contributed by atoms with Gasteiger partial charge in [0.05, 0.1) is 11.3 Å². The second-order valence-electron chi connectivity index (χ2n) is 11.3. The number of hydrogen-bond donors (Lipinski definition) is 2. The van der Waals surface area contributed by atoms with E-state index in [4.69, 9.17) is 23.2 Å². The zero-order valence-electron chi connectivity index (χ0n) is 24.4. The van der Waals surface area contributed by atoms with Crippen LogP contribution in [0, 0.1) is 0 Å². The first-order valence-electron chi connectivity index (χ1n) is 15.0. The van der Waals surface area contributed by atoms with Gasteiger partial charge in [-0.25, -0.2) is 0 Å². The molecule has 3 amide bonds. The van der Waals surface area contributed by atoms with Crippen molar-refractivity contribution in [1.82, 2.24) is 20.4 Å². The van der Waals surface area contributed by atoms with Crippen LogP contribution in [-0.2, 0) is 14.4 Å². The Labute approximate surface area is 267 Å². The van der Waals surface area contributed by atoms with E-state index >= 15 is 0 Å². The predicted octanol–water partition coefficient (Wildman–Crippen LogP) is 6.35. The van der Waals surface area contributed by atoms with Gasteiger partial charge in [-0.05, 0) is 74.3 Å². The molecule has 2 N–H and O–H groups in total. The average molecular weight is 642 g/mol. The van der Waals surface area contributed by atoms with Gasteiger partial charge in [0, 0.05) is 28.6 Å². The summed E-state index contributed by atoms with van der Waals surface area (Å²) in [5.74, 6) is -0.703. The van der Waals surface area contributed by atoms with Crippen LogP contribution in [0.3, 0.4) is 0 Å². The SMILES string of the molecule is C[C@@H](NC(=O)C[C@H]1S[C@H](c2ccc(Cl)cc2Cl)N(CC(=O)NCCCN2CCCCC2)C1=O)c1cccc2ccccc12. The van der Waals surface area contributed by atoms with Crippen LogP contribution in [-0.4, -0.2) is 65.5 Å². The number of amides is 3. The molecule has 3 aromatic carbocycles. The number of rotatable bonds is 11. The van der Waals surface area contributed by atoms with Crippen molar-refractivity contribution in [1.29, 1.82) is 0 Å². The molecule has 3 atom stereocenters. The van der Waals surface area contributed by atoms with Gasteiger partial charge in [0.15, 0.2) is 0 Å². The number of halogens is 2. The lowest BCUT2D eigenvalue weighted by Gasteiger charge is -2.26. The molecule has 2 heterocycles. The minimum Gasteiger partial charge on any atom is -0.355 e. The Morgan fingerprint density at radius 1 is 1.00 bits per heavy atom. The number of hydrogen-bond acceptors (Lipinski definition) is 5. The molecule has 0 spiro atoms. The van der Waals surface area contributed by atoms with Crippen LogP contribution in [0.25, 0.3) is 10.8 Å². The summed E-state index contributed by atoms with van der Waals surface area (Å²) in [4.78, 5) is 43.9. The van der Waals surface area contributed by atoms with E-state index in [-0.39, 0.29) is 36.7 Å². The molecule has 0 saturated carbocycles. The Hall–Kier alpha value is -2.78. The van der Waals surface area contributed by atoms with Crippen molar-refractivity contribution in [2.24, 2.45) is 0 Å². The number of likely N-dealkylation sites (tertiary alicyclic amines) is 1. The summed E-state index contributed by atoms with van der Waals surface area (Å²) in [5, 5.41) is 7.98. The maximum Gasteiger partial charge on any atom is 0.239 e. The first-order valence-corrected chi connectivity index (χ1v) is 16.7. The number of carbonyl (C=O) groups is 3. The van der Waals surface area contributed by atoms with Crippen molar-refractivity contribution in [3.63, 3.8) is 0 Å². The lowest BCUT2D eigenvalue weighted by atomic mass is 9.99. The normalized spacial score (nSPS) is 19.9.